The highest BCUT2D eigenvalue weighted by atomic mass is 32.1. The van der Waals surface area contributed by atoms with E-state index in [1.165, 1.54) is 17.4 Å². The summed E-state index contributed by atoms with van der Waals surface area (Å²) in [4.78, 5) is 31.0. The molecular formula is C20H22N4O2S. The Bertz CT molecular complexity index is 1030. The molecule has 7 heteroatoms. The van der Waals surface area contributed by atoms with Crippen LogP contribution in [0.5, 0.6) is 0 Å². The Morgan fingerprint density at radius 1 is 1.07 bits per heavy atom. The first-order chi connectivity index (χ1) is 13.1. The molecule has 3 aromatic rings. The van der Waals surface area contributed by atoms with Crippen LogP contribution in [0.4, 0.5) is 5.69 Å². The van der Waals surface area contributed by atoms with Crippen molar-refractivity contribution in [3.8, 4) is 5.69 Å². The van der Waals surface area contributed by atoms with Gasteiger partial charge in [-0.05, 0) is 24.7 Å². The molecule has 2 aromatic heterocycles. The number of carbonyl (C=O) groups is 1. The van der Waals surface area contributed by atoms with Crippen LogP contribution in [-0.4, -0.2) is 53.0 Å². The lowest BCUT2D eigenvalue weighted by Gasteiger charge is -2.33. The molecule has 140 valence electrons. The summed E-state index contributed by atoms with van der Waals surface area (Å²) < 4.78 is 1.63. The smallest absolute Gasteiger partial charge is 0.266 e. The molecule has 3 heterocycles. The average Bonchev–Trinajstić information content (AvgIpc) is 3.04. The molecule has 1 amide bonds. The third-order valence-corrected chi connectivity index (χ3v) is 6.29. The van der Waals surface area contributed by atoms with Gasteiger partial charge in [-0.25, -0.2) is 0 Å². The van der Waals surface area contributed by atoms with Gasteiger partial charge in [0.05, 0.1) is 11.4 Å². The summed E-state index contributed by atoms with van der Waals surface area (Å²) >= 11 is 1.30. The van der Waals surface area contributed by atoms with E-state index in [2.05, 4.69) is 11.8 Å². The lowest BCUT2D eigenvalue weighted by molar-refractivity contribution is 0.0649. The Morgan fingerprint density at radius 2 is 1.78 bits per heavy atom. The zero-order valence-corrected chi connectivity index (χ0v) is 16.0. The van der Waals surface area contributed by atoms with Crippen LogP contribution in [0.2, 0.25) is 0 Å². The van der Waals surface area contributed by atoms with Crippen molar-refractivity contribution in [2.24, 2.45) is 0 Å². The number of piperazine rings is 1. The minimum absolute atomic E-state index is 0.0449. The van der Waals surface area contributed by atoms with Gasteiger partial charge in [-0.15, -0.1) is 11.3 Å². The molecule has 1 fully saturated rings. The average molecular weight is 382 g/mol. The standard InChI is InChI=1S/C20H22N4O2S/c1-2-22-10-12-23(13-11-22)19(26)18-17(21)15-8-9-16(25)24(20(15)27-18)14-6-4-3-5-7-14/h3-9H,2,10-13,21H2,1H3. The summed E-state index contributed by atoms with van der Waals surface area (Å²) in [6.45, 7) is 6.28. The number of carbonyl (C=O) groups excluding carboxylic acids is 1. The number of anilines is 1. The number of nitrogens with zero attached hydrogens (tertiary/aromatic N) is 3. The first-order valence-corrected chi connectivity index (χ1v) is 9.93. The van der Waals surface area contributed by atoms with Crippen LogP contribution in [0.25, 0.3) is 15.9 Å². The fraction of sp³-hybridized carbons (Fsp3) is 0.300. The van der Waals surface area contributed by atoms with E-state index in [0.717, 1.165) is 30.7 Å². The number of benzene rings is 1. The van der Waals surface area contributed by atoms with E-state index in [1.807, 2.05) is 35.2 Å². The van der Waals surface area contributed by atoms with Crippen LogP contribution in [0.1, 0.15) is 16.6 Å². The van der Waals surface area contributed by atoms with Crippen LogP contribution in [0.3, 0.4) is 0 Å². The number of likely N-dealkylation sites (N-methyl/N-ethyl adjacent to an activating group) is 1. The summed E-state index contributed by atoms with van der Waals surface area (Å²) in [5.74, 6) is -0.0449. The van der Waals surface area contributed by atoms with Crippen molar-refractivity contribution in [2.45, 2.75) is 6.92 Å². The number of thiophene rings is 1. The van der Waals surface area contributed by atoms with Crippen molar-refractivity contribution >= 4 is 33.1 Å². The quantitative estimate of drug-likeness (QED) is 0.755. The molecule has 0 radical (unpaired) electrons. The molecule has 6 nitrogen and oxygen atoms in total. The Balaban J connectivity index is 1.76. The van der Waals surface area contributed by atoms with Crippen molar-refractivity contribution < 1.29 is 4.79 Å². The number of nitrogens with two attached hydrogens (primary N) is 1. The van der Waals surface area contributed by atoms with E-state index in [-0.39, 0.29) is 11.5 Å². The second kappa shape index (κ2) is 7.17. The van der Waals surface area contributed by atoms with Gasteiger partial charge in [0.1, 0.15) is 9.71 Å². The van der Waals surface area contributed by atoms with Crippen LogP contribution >= 0.6 is 11.3 Å². The third-order valence-electron chi connectivity index (χ3n) is 5.10. The number of rotatable bonds is 3. The van der Waals surface area contributed by atoms with Crippen LogP contribution in [0, 0.1) is 0 Å². The van der Waals surface area contributed by atoms with Gasteiger partial charge in [-0.3, -0.25) is 14.2 Å². The predicted octanol–water partition coefficient (Wildman–Crippen LogP) is 2.41. The molecule has 0 atom stereocenters. The maximum Gasteiger partial charge on any atom is 0.266 e. The van der Waals surface area contributed by atoms with Gasteiger partial charge in [-0.1, -0.05) is 25.1 Å². The van der Waals surface area contributed by atoms with Gasteiger partial charge in [0, 0.05) is 37.6 Å². The fourth-order valence-electron chi connectivity index (χ4n) is 3.49. The lowest BCUT2D eigenvalue weighted by atomic mass is 10.2. The third kappa shape index (κ3) is 3.13. The minimum atomic E-state index is -0.134. The molecule has 0 spiro atoms. The Labute approximate surface area is 161 Å². The summed E-state index contributed by atoms with van der Waals surface area (Å²) in [5, 5.41) is 0.749. The number of pyridine rings is 1. The number of hydrogen-bond donors (Lipinski definition) is 1. The SMILES string of the molecule is CCN1CCN(C(=O)c2sc3c(ccc(=O)n3-c3ccccc3)c2N)CC1. The van der Waals surface area contributed by atoms with Crippen LogP contribution in [-0.2, 0) is 0 Å². The van der Waals surface area contributed by atoms with Gasteiger partial charge in [-0.2, -0.15) is 0 Å². The highest BCUT2D eigenvalue weighted by Crippen LogP contribution is 2.34. The highest BCUT2D eigenvalue weighted by molar-refractivity contribution is 7.21. The Hall–Kier alpha value is -2.64. The maximum absolute atomic E-state index is 13.1. The maximum atomic E-state index is 13.1. The van der Waals surface area contributed by atoms with Gasteiger partial charge in [0.15, 0.2) is 0 Å². The second-order valence-electron chi connectivity index (χ2n) is 6.63. The number of fused-ring (bicyclic) bond motifs is 1. The van der Waals surface area contributed by atoms with Crippen molar-refractivity contribution in [3.63, 3.8) is 0 Å². The summed E-state index contributed by atoms with van der Waals surface area (Å²) in [6, 6.07) is 12.7. The number of hydrogen-bond acceptors (Lipinski definition) is 5. The van der Waals surface area contributed by atoms with Crippen LogP contribution in [0.15, 0.2) is 47.3 Å². The normalized spacial score (nSPS) is 15.4. The van der Waals surface area contributed by atoms with E-state index in [4.69, 9.17) is 5.73 Å². The largest absolute Gasteiger partial charge is 0.397 e. The molecule has 1 aliphatic rings. The summed E-state index contributed by atoms with van der Waals surface area (Å²) in [5.41, 5.74) is 7.43. The molecule has 1 aliphatic heterocycles. The molecule has 1 saturated heterocycles. The predicted molar refractivity (Wildman–Crippen MR) is 110 cm³/mol. The van der Waals surface area contributed by atoms with E-state index in [0.29, 0.717) is 28.5 Å². The monoisotopic (exact) mass is 382 g/mol. The first kappa shape index (κ1) is 17.8. The summed E-state index contributed by atoms with van der Waals surface area (Å²) in [7, 11) is 0. The Kier molecular flexibility index (Phi) is 4.72. The Morgan fingerprint density at radius 3 is 2.44 bits per heavy atom. The van der Waals surface area contributed by atoms with Crippen LogP contribution < -0.4 is 11.3 Å². The van der Waals surface area contributed by atoms with Gasteiger partial charge in [0.2, 0.25) is 0 Å². The topological polar surface area (TPSA) is 71.6 Å². The number of para-hydroxylation sites is 1. The van der Waals surface area contributed by atoms with E-state index >= 15 is 0 Å². The van der Waals surface area contributed by atoms with Gasteiger partial charge in [0.25, 0.3) is 11.5 Å². The molecule has 0 unspecified atom stereocenters. The molecule has 0 aliphatic carbocycles. The molecular weight excluding hydrogens is 360 g/mol. The fourth-order valence-corrected chi connectivity index (χ4v) is 4.70. The first-order valence-electron chi connectivity index (χ1n) is 9.11. The minimum Gasteiger partial charge on any atom is -0.397 e. The van der Waals surface area contributed by atoms with E-state index < -0.39 is 0 Å². The second-order valence-corrected chi connectivity index (χ2v) is 7.63. The molecule has 0 saturated carbocycles. The highest BCUT2D eigenvalue weighted by Gasteiger charge is 2.26. The summed E-state index contributed by atoms with van der Waals surface area (Å²) in [6.07, 6.45) is 0. The number of aromatic nitrogens is 1. The van der Waals surface area contributed by atoms with Crippen molar-refractivity contribution in [1.82, 2.24) is 14.4 Å². The molecule has 2 N–H and O–H groups in total. The van der Waals surface area contributed by atoms with Crippen molar-refractivity contribution in [2.75, 3.05) is 38.5 Å². The number of nitrogen functional groups attached to an aromatic ring is 1. The zero-order valence-electron chi connectivity index (χ0n) is 15.2. The molecule has 1 aromatic carbocycles. The van der Waals surface area contributed by atoms with Gasteiger partial charge >= 0.3 is 0 Å². The van der Waals surface area contributed by atoms with E-state index in [1.54, 1.807) is 10.6 Å². The van der Waals surface area contributed by atoms with E-state index in [9.17, 15) is 9.59 Å². The molecule has 27 heavy (non-hydrogen) atoms. The van der Waals surface area contributed by atoms with Crippen molar-refractivity contribution in [3.05, 3.63) is 57.7 Å². The number of amides is 1. The van der Waals surface area contributed by atoms with Gasteiger partial charge < -0.3 is 15.5 Å². The molecule has 4 rings (SSSR count). The molecule has 0 bridgehead atoms. The lowest BCUT2D eigenvalue weighted by Crippen LogP contribution is -2.48. The zero-order chi connectivity index (χ0) is 19.0. The van der Waals surface area contributed by atoms with Crippen molar-refractivity contribution in [1.29, 1.82) is 0 Å².